The first-order valence-electron chi connectivity index (χ1n) is 10.4. The SMILES string of the molecule is COc1ccccc1C(=O)Nc1ccc2c(c1)nc(CCNC(=O)C1CCCO1)n2C. The van der Waals surface area contributed by atoms with Gasteiger partial charge in [0.05, 0.1) is 23.7 Å². The van der Waals surface area contributed by atoms with Gasteiger partial charge in [0.1, 0.15) is 17.7 Å². The topological polar surface area (TPSA) is 94.5 Å². The van der Waals surface area contributed by atoms with Gasteiger partial charge >= 0.3 is 0 Å². The molecule has 4 rings (SSSR count). The molecule has 0 aliphatic carbocycles. The highest BCUT2D eigenvalue weighted by molar-refractivity contribution is 6.06. The number of carbonyl (C=O) groups excluding carboxylic acids is 2. The lowest BCUT2D eigenvalue weighted by Crippen LogP contribution is -2.35. The molecule has 0 radical (unpaired) electrons. The van der Waals surface area contributed by atoms with Gasteiger partial charge in [-0.1, -0.05) is 12.1 Å². The van der Waals surface area contributed by atoms with Gasteiger partial charge < -0.3 is 24.7 Å². The summed E-state index contributed by atoms with van der Waals surface area (Å²) in [7, 11) is 3.48. The zero-order valence-corrected chi connectivity index (χ0v) is 17.7. The van der Waals surface area contributed by atoms with Crippen molar-refractivity contribution in [1.82, 2.24) is 14.9 Å². The summed E-state index contributed by atoms with van der Waals surface area (Å²) in [5.41, 5.74) is 2.85. The van der Waals surface area contributed by atoms with Crippen molar-refractivity contribution < 1.29 is 19.1 Å². The van der Waals surface area contributed by atoms with Gasteiger partial charge in [-0.25, -0.2) is 4.98 Å². The normalized spacial score (nSPS) is 15.7. The molecule has 1 aliphatic rings. The Morgan fingerprint density at radius 2 is 2.10 bits per heavy atom. The minimum atomic E-state index is -0.324. The van der Waals surface area contributed by atoms with Gasteiger partial charge in [-0.3, -0.25) is 9.59 Å². The number of hydrogen-bond donors (Lipinski definition) is 2. The van der Waals surface area contributed by atoms with Crippen LogP contribution in [-0.2, 0) is 23.0 Å². The van der Waals surface area contributed by atoms with Crippen LogP contribution in [0.1, 0.15) is 29.0 Å². The molecule has 1 aromatic heterocycles. The number of carbonyl (C=O) groups is 2. The number of nitrogens with one attached hydrogen (secondary N) is 2. The molecule has 8 nitrogen and oxygen atoms in total. The number of para-hydroxylation sites is 1. The first-order valence-corrected chi connectivity index (χ1v) is 10.4. The van der Waals surface area contributed by atoms with Gasteiger partial charge in [0, 0.05) is 32.3 Å². The van der Waals surface area contributed by atoms with E-state index < -0.39 is 0 Å². The summed E-state index contributed by atoms with van der Waals surface area (Å²) in [6.45, 7) is 1.14. The second kappa shape index (κ2) is 9.18. The van der Waals surface area contributed by atoms with Crippen molar-refractivity contribution in [3.63, 3.8) is 0 Å². The average Bonchev–Trinajstić information content (AvgIpc) is 3.42. The molecule has 1 atom stereocenters. The zero-order valence-electron chi connectivity index (χ0n) is 17.7. The van der Waals surface area contributed by atoms with E-state index in [-0.39, 0.29) is 17.9 Å². The summed E-state index contributed by atoms with van der Waals surface area (Å²) in [6.07, 6.45) is 1.99. The number of anilines is 1. The van der Waals surface area contributed by atoms with E-state index in [0.29, 0.717) is 36.6 Å². The Labute approximate surface area is 180 Å². The number of aromatic nitrogens is 2. The Balaban J connectivity index is 1.43. The molecule has 0 bridgehead atoms. The highest BCUT2D eigenvalue weighted by Crippen LogP contribution is 2.23. The molecule has 2 heterocycles. The fourth-order valence-corrected chi connectivity index (χ4v) is 3.78. The molecular formula is C23H26N4O4. The summed E-state index contributed by atoms with van der Waals surface area (Å²) in [5.74, 6) is 1.07. The lowest BCUT2D eigenvalue weighted by atomic mass is 10.2. The highest BCUT2D eigenvalue weighted by atomic mass is 16.5. The van der Waals surface area contributed by atoms with Gasteiger partial charge in [-0.2, -0.15) is 0 Å². The minimum Gasteiger partial charge on any atom is -0.496 e. The number of nitrogens with zero attached hydrogens (tertiary/aromatic N) is 2. The maximum absolute atomic E-state index is 12.6. The first-order chi connectivity index (χ1) is 15.1. The van der Waals surface area contributed by atoms with Crippen molar-refractivity contribution in [2.75, 3.05) is 25.6 Å². The molecule has 1 unspecified atom stereocenters. The number of fused-ring (bicyclic) bond motifs is 1. The smallest absolute Gasteiger partial charge is 0.259 e. The van der Waals surface area contributed by atoms with Crippen molar-refractivity contribution in [3.8, 4) is 5.75 Å². The van der Waals surface area contributed by atoms with E-state index in [2.05, 4.69) is 15.6 Å². The van der Waals surface area contributed by atoms with Crippen molar-refractivity contribution in [2.24, 2.45) is 7.05 Å². The molecule has 1 fully saturated rings. The molecule has 8 heteroatoms. The Kier molecular flexibility index (Phi) is 6.18. The van der Waals surface area contributed by atoms with E-state index in [4.69, 9.17) is 9.47 Å². The standard InChI is InChI=1S/C23H26N4O4/c1-27-18-10-9-15(25-22(28)16-6-3-4-7-19(16)30-2)14-17(18)26-21(27)11-12-24-23(29)20-8-5-13-31-20/h3-4,6-7,9-10,14,20H,5,8,11-13H2,1-2H3,(H,24,29)(H,25,28). The maximum Gasteiger partial charge on any atom is 0.259 e. The van der Waals surface area contributed by atoms with Gasteiger partial charge in [0.2, 0.25) is 5.91 Å². The monoisotopic (exact) mass is 422 g/mol. The minimum absolute atomic E-state index is 0.0578. The largest absolute Gasteiger partial charge is 0.496 e. The second-order valence-corrected chi connectivity index (χ2v) is 7.49. The zero-order chi connectivity index (χ0) is 21.8. The third-order valence-electron chi connectivity index (χ3n) is 5.45. The van der Waals surface area contributed by atoms with E-state index in [1.165, 1.54) is 7.11 Å². The van der Waals surface area contributed by atoms with E-state index in [0.717, 1.165) is 29.7 Å². The van der Waals surface area contributed by atoms with Gasteiger partial charge in [0.15, 0.2) is 0 Å². The number of imidazole rings is 1. The molecule has 31 heavy (non-hydrogen) atoms. The number of amides is 2. The third kappa shape index (κ3) is 4.54. The molecule has 2 amide bonds. The molecule has 2 N–H and O–H groups in total. The Hall–Kier alpha value is -3.39. The highest BCUT2D eigenvalue weighted by Gasteiger charge is 2.23. The molecule has 3 aromatic rings. The van der Waals surface area contributed by atoms with Crippen molar-refractivity contribution >= 4 is 28.5 Å². The van der Waals surface area contributed by atoms with E-state index in [1.54, 1.807) is 18.2 Å². The lowest BCUT2D eigenvalue weighted by molar-refractivity contribution is -0.130. The van der Waals surface area contributed by atoms with Crippen LogP contribution in [0.2, 0.25) is 0 Å². The summed E-state index contributed by atoms with van der Waals surface area (Å²) in [5, 5.41) is 5.83. The van der Waals surface area contributed by atoms with Gasteiger partial charge in [-0.15, -0.1) is 0 Å². The van der Waals surface area contributed by atoms with Crippen molar-refractivity contribution in [3.05, 3.63) is 53.9 Å². The fraction of sp³-hybridized carbons (Fsp3) is 0.348. The first kappa shape index (κ1) is 20.9. The number of ether oxygens (including phenoxy) is 2. The number of hydrogen-bond acceptors (Lipinski definition) is 5. The Bertz CT molecular complexity index is 1100. The van der Waals surface area contributed by atoms with E-state index in [9.17, 15) is 9.59 Å². The molecule has 0 saturated carbocycles. The number of benzene rings is 2. The summed E-state index contributed by atoms with van der Waals surface area (Å²) >= 11 is 0. The van der Waals surface area contributed by atoms with E-state index >= 15 is 0 Å². The average molecular weight is 422 g/mol. The van der Waals surface area contributed by atoms with Gasteiger partial charge in [-0.05, 0) is 43.2 Å². The van der Waals surface area contributed by atoms with Crippen LogP contribution in [0.25, 0.3) is 11.0 Å². The lowest BCUT2D eigenvalue weighted by Gasteiger charge is -2.10. The number of methoxy groups -OCH3 is 1. The Morgan fingerprint density at radius 3 is 2.87 bits per heavy atom. The van der Waals surface area contributed by atoms with Crippen LogP contribution in [-0.4, -0.2) is 47.7 Å². The number of rotatable bonds is 7. The third-order valence-corrected chi connectivity index (χ3v) is 5.45. The fourth-order valence-electron chi connectivity index (χ4n) is 3.78. The van der Waals surface area contributed by atoms with Crippen molar-refractivity contribution in [1.29, 1.82) is 0 Å². The van der Waals surface area contributed by atoms with Crippen LogP contribution >= 0.6 is 0 Å². The molecular weight excluding hydrogens is 396 g/mol. The van der Waals surface area contributed by atoms with E-state index in [1.807, 2.05) is 35.9 Å². The predicted molar refractivity (Wildman–Crippen MR) is 117 cm³/mol. The molecule has 2 aromatic carbocycles. The van der Waals surface area contributed by atoms with Crippen LogP contribution in [0, 0.1) is 0 Å². The molecule has 1 saturated heterocycles. The van der Waals surface area contributed by atoms with Crippen LogP contribution in [0.3, 0.4) is 0 Å². The van der Waals surface area contributed by atoms with Crippen LogP contribution in [0.15, 0.2) is 42.5 Å². The second-order valence-electron chi connectivity index (χ2n) is 7.49. The predicted octanol–water partition coefficient (Wildman–Crippen LogP) is 2.67. The summed E-state index contributed by atoms with van der Waals surface area (Å²) in [6, 6.07) is 12.7. The quantitative estimate of drug-likeness (QED) is 0.611. The van der Waals surface area contributed by atoms with Crippen molar-refractivity contribution in [2.45, 2.75) is 25.4 Å². The van der Waals surface area contributed by atoms with Crippen LogP contribution in [0.5, 0.6) is 5.75 Å². The molecule has 1 aliphatic heterocycles. The molecule has 0 spiro atoms. The van der Waals surface area contributed by atoms with Crippen LogP contribution < -0.4 is 15.4 Å². The Morgan fingerprint density at radius 1 is 1.26 bits per heavy atom. The maximum atomic E-state index is 12.6. The summed E-state index contributed by atoms with van der Waals surface area (Å²) in [4.78, 5) is 29.4. The molecule has 162 valence electrons. The van der Waals surface area contributed by atoms with Crippen LogP contribution in [0.4, 0.5) is 5.69 Å². The summed E-state index contributed by atoms with van der Waals surface area (Å²) < 4.78 is 12.7. The number of aryl methyl sites for hydroxylation is 1. The van der Waals surface area contributed by atoms with Gasteiger partial charge in [0.25, 0.3) is 5.91 Å².